The van der Waals surface area contributed by atoms with Crippen molar-refractivity contribution in [2.24, 2.45) is 0 Å². The van der Waals surface area contributed by atoms with Crippen molar-refractivity contribution in [3.63, 3.8) is 0 Å². The highest BCUT2D eigenvalue weighted by Gasteiger charge is 2.05. The number of hydrogen-bond acceptors (Lipinski definition) is 4. The Morgan fingerprint density at radius 2 is 2.00 bits per heavy atom. The third kappa shape index (κ3) is 2.78. The van der Waals surface area contributed by atoms with E-state index in [4.69, 9.17) is 15.7 Å². The van der Waals surface area contributed by atoms with Gasteiger partial charge in [-0.25, -0.2) is 0 Å². The van der Waals surface area contributed by atoms with Crippen molar-refractivity contribution in [3.05, 3.63) is 53.6 Å². The molecule has 96 valence electrons. The van der Waals surface area contributed by atoms with Gasteiger partial charge in [-0.3, -0.25) is 0 Å². The Hall–Kier alpha value is -2.67. The van der Waals surface area contributed by atoms with E-state index in [0.717, 1.165) is 17.0 Å². The largest absolute Gasteiger partial charge is 0.496 e. The van der Waals surface area contributed by atoms with Crippen molar-refractivity contribution in [1.82, 2.24) is 0 Å². The number of nitriles is 1. The molecule has 2 aromatic rings. The maximum Gasteiger partial charge on any atom is 0.123 e. The summed E-state index contributed by atoms with van der Waals surface area (Å²) in [6.45, 7) is 0.586. The molecule has 0 unspecified atom stereocenters. The van der Waals surface area contributed by atoms with E-state index < -0.39 is 0 Å². The summed E-state index contributed by atoms with van der Waals surface area (Å²) in [6.07, 6.45) is 0. The summed E-state index contributed by atoms with van der Waals surface area (Å²) in [7, 11) is 1.64. The number of nitrogen functional groups attached to an aromatic ring is 1. The summed E-state index contributed by atoms with van der Waals surface area (Å²) >= 11 is 0. The minimum Gasteiger partial charge on any atom is -0.496 e. The van der Waals surface area contributed by atoms with Gasteiger partial charge >= 0.3 is 0 Å². The highest BCUT2D eigenvalue weighted by atomic mass is 16.5. The van der Waals surface area contributed by atoms with Crippen molar-refractivity contribution in [2.45, 2.75) is 6.54 Å². The molecule has 0 amide bonds. The molecule has 0 fully saturated rings. The van der Waals surface area contributed by atoms with Crippen molar-refractivity contribution in [2.75, 3.05) is 18.2 Å². The number of nitrogens with zero attached hydrogens (tertiary/aromatic N) is 1. The Morgan fingerprint density at radius 3 is 2.74 bits per heavy atom. The van der Waals surface area contributed by atoms with Crippen molar-refractivity contribution < 1.29 is 4.74 Å². The van der Waals surface area contributed by atoms with E-state index in [1.54, 1.807) is 19.2 Å². The number of anilines is 2. The lowest BCUT2D eigenvalue weighted by atomic mass is 10.1. The third-order valence-corrected chi connectivity index (χ3v) is 2.89. The van der Waals surface area contributed by atoms with Crippen LogP contribution in [0.1, 0.15) is 11.1 Å². The first-order valence-corrected chi connectivity index (χ1v) is 5.90. The summed E-state index contributed by atoms with van der Waals surface area (Å²) < 4.78 is 5.29. The van der Waals surface area contributed by atoms with E-state index in [9.17, 15) is 0 Å². The lowest BCUT2D eigenvalue weighted by molar-refractivity contribution is 0.410. The van der Waals surface area contributed by atoms with E-state index in [2.05, 4.69) is 11.4 Å². The standard InChI is InChI=1S/C15H15N3O/c1-19-14-8-3-2-5-12(14)10-18-13-7-4-6-11(9-16)15(13)17/h2-8,18H,10,17H2,1H3. The first-order valence-electron chi connectivity index (χ1n) is 5.90. The summed E-state index contributed by atoms with van der Waals surface area (Å²) in [5.74, 6) is 0.824. The number of nitrogens with one attached hydrogen (secondary N) is 1. The minimum atomic E-state index is 0.472. The van der Waals surface area contributed by atoms with Gasteiger partial charge in [0.2, 0.25) is 0 Å². The molecule has 2 rings (SSSR count). The third-order valence-electron chi connectivity index (χ3n) is 2.89. The molecule has 0 heterocycles. The number of hydrogen-bond donors (Lipinski definition) is 2. The Morgan fingerprint density at radius 1 is 1.21 bits per heavy atom. The van der Waals surface area contributed by atoms with Gasteiger partial charge < -0.3 is 15.8 Å². The topological polar surface area (TPSA) is 71.1 Å². The highest BCUT2D eigenvalue weighted by molar-refractivity contribution is 5.72. The number of para-hydroxylation sites is 2. The van der Waals surface area contributed by atoms with Crippen molar-refractivity contribution in [1.29, 1.82) is 5.26 Å². The Kier molecular flexibility index (Phi) is 3.89. The molecule has 0 saturated carbocycles. The van der Waals surface area contributed by atoms with Gasteiger partial charge in [0.15, 0.2) is 0 Å². The van der Waals surface area contributed by atoms with Crippen LogP contribution in [0.4, 0.5) is 11.4 Å². The van der Waals surface area contributed by atoms with Crippen LogP contribution in [-0.2, 0) is 6.54 Å². The van der Waals surface area contributed by atoms with E-state index in [-0.39, 0.29) is 0 Å². The van der Waals surface area contributed by atoms with Crippen LogP contribution in [-0.4, -0.2) is 7.11 Å². The zero-order valence-corrected chi connectivity index (χ0v) is 10.7. The van der Waals surface area contributed by atoms with Crippen LogP contribution in [0.15, 0.2) is 42.5 Å². The van der Waals surface area contributed by atoms with Crippen LogP contribution in [0.5, 0.6) is 5.75 Å². The molecule has 0 aliphatic carbocycles. The second-order valence-electron chi connectivity index (χ2n) is 4.04. The van der Waals surface area contributed by atoms with Crippen LogP contribution in [0.25, 0.3) is 0 Å². The fourth-order valence-electron chi connectivity index (χ4n) is 1.86. The molecule has 0 aromatic heterocycles. The maximum absolute atomic E-state index is 8.93. The van der Waals surface area contributed by atoms with Gasteiger partial charge in [0.05, 0.1) is 24.0 Å². The SMILES string of the molecule is COc1ccccc1CNc1cccc(C#N)c1N. The number of ether oxygens (including phenoxy) is 1. The molecule has 19 heavy (non-hydrogen) atoms. The second kappa shape index (κ2) is 5.78. The number of rotatable bonds is 4. The molecule has 0 saturated heterocycles. The fourth-order valence-corrected chi connectivity index (χ4v) is 1.86. The van der Waals surface area contributed by atoms with Gasteiger partial charge in [-0.05, 0) is 18.2 Å². The Bertz CT molecular complexity index is 617. The average molecular weight is 253 g/mol. The van der Waals surface area contributed by atoms with E-state index >= 15 is 0 Å². The second-order valence-corrected chi connectivity index (χ2v) is 4.04. The van der Waals surface area contributed by atoms with Crippen LogP contribution in [0.2, 0.25) is 0 Å². The lowest BCUT2D eigenvalue weighted by Gasteiger charge is -2.12. The predicted molar refractivity (Wildman–Crippen MR) is 75.9 cm³/mol. The summed E-state index contributed by atoms with van der Waals surface area (Å²) in [4.78, 5) is 0. The quantitative estimate of drug-likeness (QED) is 0.822. The molecular formula is C15H15N3O. The van der Waals surface area contributed by atoms with Gasteiger partial charge in [0.25, 0.3) is 0 Å². The molecule has 2 aromatic carbocycles. The molecule has 0 aliphatic rings. The Balaban J connectivity index is 2.17. The summed E-state index contributed by atoms with van der Waals surface area (Å²) in [5, 5.41) is 12.2. The smallest absolute Gasteiger partial charge is 0.123 e. The van der Waals surface area contributed by atoms with Crippen LogP contribution < -0.4 is 15.8 Å². The van der Waals surface area contributed by atoms with Crippen LogP contribution in [0, 0.1) is 11.3 Å². The normalized spacial score (nSPS) is 9.68. The van der Waals surface area contributed by atoms with E-state index in [0.29, 0.717) is 17.8 Å². The maximum atomic E-state index is 8.93. The molecule has 0 radical (unpaired) electrons. The predicted octanol–water partition coefficient (Wildman–Crippen LogP) is 2.76. The minimum absolute atomic E-state index is 0.472. The Labute approximate surface area is 112 Å². The van der Waals surface area contributed by atoms with Crippen LogP contribution in [0.3, 0.4) is 0 Å². The molecule has 4 heteroatoms. The van der Waals surface area contributed by atoms with Crippen molar-refractivity contribution in [3.8, 4) is 11.8 Å². The number of benzene rings is 2. The lowest BCUT2D eigenvalue weighted by Crippen LogP contribution is -2.04. The number of methoxy groups -OCH3 is 1. The monoisotopic (exact) mass is 253 g/mol. The highest BCUT2D eigenvalue weighted by Crippen LogP contribution is 2.24. The zero-order chi connectivity index (χ0) is 13.7. The molecule has 0 aliphatic heterocycles. The number of nitrogens with two attached hydrogens (primary N) is 1. The first-order chi connectivity index (χ1) is 9.26. The van der Waals surface area contributed by atoms with E-state index in [1.165, 1.54) is 0 Å². The van der Waals surface area contributed by atoms with Gasteiger partial charge in [0, 0.05) is 12.1 Å². The zero-order valence-electron chi connectivity index (χ0n) is 10.7. The average Bonchev–Trinajstić information content (AvgIpc) is 2.46. The summed E-state index contributed by atoms with van der Waals surface area (Å²) in [6, 6.07) is 15.2. The first kappa shape index (κ1) is 12.8. The van der Waals surface area contributed by atoms with Gasteiger partial charge in [0.1, 0.15) is 11.8 Å². The molecular weight excluding hydrogens is 238 g/mol. The molecule has 0 spiro atoms. The van der Waals surface area contributed by atoms with Crippen molar-refractivity contribution >= 4 is 11.4 Å². The molecule has 0 atom stereocenters. The van der Waals surface area contributed by atoms with Crippen LogP contribution >= 0.6 is 0 Å². The molecule has 0 bridgehead atoms. The van der Waals surface area contributed by atoms with E-state index in [1.807, 2.05) is 30.3 Å². The fraction of sp³-hybridized carbons (Fsp3) is 0.133. The van der Waals surface area contributed by atoms with Gasteiger partial charge in [-0.2, -0.15) is 5.26 Å². The van der Waals surface area contributed by atoms with Gasteiger partial charge in [-0.1, -0.05) is 24.3 Å². The molecule has 3 N–H and O–H groups in total. The molecule has 4 nitrogen and oxygen atoms in total. The summed E-state index contributed by atoms with van der Waals surface area (Å²) in [5.41, 5.74) is 8.65. The van der Waals surface area contributed by atoms with Gasteiger partial charge in [-0.15, -0.1) is 0 Å².